The molecule has 0 heterocycles. The fourth-order valence-electron chi connectivity index (χ4n) is 1.62. The molecule has 3 N–H and O–H groups in total. The van der Waals surface area contributed by atoms with Crippen molar-refractivity contribution in [1.82, 2.24) is 0 Å². The summed E-state index contributed by atoms with van der Waals surface area (Å²) in [4.78, 5) is 26.2. The van der Waals surface area contributed by atoms with Gasteiger partial charge in [-0.1, -0.05) is 6.42 Å². The Bertz CT molecular complexity index is 384. The van der Waals surface area contributed by atoms with Gasteiger partial charge >= 0.3 is 8.80 Å². The van der Waals surface area contributed by atoms with E-state index in [0.29, 0.717) is 31.2 Å². The van der Waals surface area contributed by atoms with Crippen LogP contribution in [0, 0.1) is 17.5 Å². The Morgan fingerprint density at radius 1 is 0.889 bits per heavy atom. The van der Waals surface area contributed by atoms with E-state index >= 15 is 0 Å². The monoisotopic (exact) mass is 280 g/mol. The second-order valence-electron chi connectivity index (χ2n) is 4.21. The van der Waals surface area contributed by atoms with Gasteiger partial charge in [0.15, 0.2) is 17.5 Å². The molecule has 0 aromatic heterocycles. The summed E-state index contributed by atoms with van der Waals surface area (Å²) in [6.45, 7) is 0. The van der Waals surface area contributed by atoms with Crippen LogP contribution < -0.4 is 0 Å². The maximum absolute atomic E-state index is 12.9. The van der Waals surface area contributed by atoms with Gasteiger partial charge < -0.3 is 14.4 Å². The van der Waals surface area contributed by atoms with E-state index < -0.39 is 26.3 Å². The molecule has 3 nitrogen and oxygen atoms in total. The zero-order valence-electron chi connectivity index (χ0n) is 9.67. The van der Waals surface area contributed by atoms with Crippen LogP contribution in [0.5, 0.6) is 0 Å². The quantitative estimate of drug-likeness (QED) is 0.422. The molecule has 0 aliphatic heterocycles. The highest BCUT2D eigenvalue weighted by Gasteiger charge is 2.25. The van der Waals surface area contributed by atoms with Crippen molar-refractivity contribution >= 4 is 8.80 Å². The fourth-order valence-corrected chi connectivity index (χ4v) is 2.34. The highest BCUT2D eigenvalue weighted by atomic mass is 28.4. The lowest BCUT2D eigenvalue weighted by atomic mass is 10.1. The van der Waals surface area contributed by atoms with Gasteiger partial charge in [-0.15, -0.1) is 0 Å². The third-order valence-electron chi connectivity index (χ3n) is 2.52. The Morgan fingerprint density at radius 3 is 1.94 bits per heavy atom. The van der Waals surface area contributed by atoms with Crippen molar-refractivity contribution in [2.75, 3.05) is 0 Å². The van der Waals surface area contributed by atoms with E-state index in [1.807, 2.05) is 0 Å². The summed E-state index contributed by atoms with van der Waals surface area (Å²) in [5.41, 5.74) is 0.354. The van der Waals surface area contributed by atoms with Gasteiger partial charge in [0.1, 0.15) is 0 Å². The second kappa shape index (κ2) is 6.33. The molecule has 7 heteroatoms. The van der Waals surface area contributed by atoms with Gasteiger partial charge in [0.25, 0.3) is 0 Å². The zero-order chi connectivity index (χ0) is 13.8. The molecule has 1 aromatic rings. The molecule has 1 aromatic carbocycles. The van der Waals surface area contributed by atoms with E-state index in [1.54, 1.807) is 0 Å². The highest BCUT2D eigenvalue weighted by molar-refractivity contribution is 6.56. The highest BCUT2D eigenvalue weighted by Crippen LogP contribution is 2.16. The van der Waals surface area contributed by atoms with Crippen LogP contribution >= 0.6 is 0 Å². The van der Waals surface area contributed by atoms with Crippen LogP contribution in [0.1, 0.15) is 24.8 Å². The van der Waals surface area contributed by atoms with Crippen molar-refractivity contribution in [3.05, 3.63) is 35.1 Å². The molecule has 0 aliphatic rings. The minimum absolute atomic E-state index is 0.0564. The molecule has 0 radical (unpaired) electrons. The molecule has 102 valence electrons. The summed E-state index contributed by atoms with van der Waals surface area (Å²) >= 11 is 0. The molecule has 0 bridgehead atoms. The topological polar surface area (TPSA) is 60.7 Å². The number of aryl methyl sites for hydroxylation is 1. The van der Waals surface area contributed by atoms with Gasteiger partial charge in [-0.3, -0.25) is 0 Å². The maximum Gasteiger partial charge on any atom is 0.492 e. The zero-order valence-corrected chi connectivity index (χ0v) is 10.7. The Hall–Kier alpha value is -0.893. The lowest BCUT2D eigenvalue weighted by molar-refractivity contribution is 0.226. The molecule has 0 saturated carbocycles. The van der Waals surface area contributed by atoms with Crippen molar-refractivity contribution in [3.8, 4) is 0 Å². The van der Waals surface area contributed by atoms with Crippen LogP contribution in [-0.4, -0.2) is 23.2 Å². The summed E-state index contributed by atoms with van der Waals surface area (Å²) in [6, 6.07) is 1.84. The van der Waals surface area contributed by atoms with Crippen LogP contribution in [0.4, 0.5) is 13.2 Å². The molecule has 0 amide bonds. The Kier molecular flexibility index (Phi) is 5.33. The number of benzene rings is 1. The minimum Gasteiger partial charge on any atom is -0.390 e. The molecule has 18 heavy (non-hydrogen) atoms. The third kappa shape index (κ3) is 5.17. The standard InChI is InChI=1S/C11H15F3O3Si/c12-9-6-8(7-10(13)11(9)14)4-2-1-3-5-18(15,16)17/h6-7,15-17H,1-5H2. The first-order valence-electron chi connectivity index (χ1n) is 5.60. The van der Waals surface area contributed by atoms with Crippen molar-refractivity contribution in [2.45, 2.75) is 31.7 Å². The largest absolute Gasteiger partial charge is 0.492 e. The van der Waals surface area contributed by atoms with Crippen LogP contribution in [0.3, 0.4) is 0 Å². The van der Waals surface area contributed by atoms with Gasteiger partial charge in [0.2, 0.25) is 0 Å². The predicted octanol–water partition coefficient (Wildman–Crippen LogP) is 1.73. The molecular weight excluding hydrogens is 265 g/mol. The molecule has 0 atom stereocenters. The van der Waals surface area contributed by atoms with Crippen molar-refractivity contribution in [1.29, 1.82) is 0 Å². The number of hydrogen-bond donors (Lipinski definition) is 3. The van der Waals surface area contributed by atoms with Crippen molar-refractivity contribution in [2.24, 2.45) is 0 Å². The maximum atomic E-state index is 12.9. The van der Waals surface area contributed by atoms with Crippen LogP contribution in [0.25, 0.3) is 0 Å². The summed E-state index contributed by atoms with van der Waals surface area (Å²) in [5, 5.41) is 0. The number of halogens is 3. The SMILES string of the molecule is O[Si](O)(O)CCCCCc1cc(F)c(F)c(F)c1. The summed E-state index contributed by atoms with van der Waals surface area (Å²) in [5.74, 6) is -3.90. The molecule has 0 spiro atoms. The average molecular weight is 280 g/mol. The summed E-state index contributed by atoms with van der Waals surface area (Å²) in [7, 11) is -3.98. The fraction of sp³-hybridized carbons (Fsp3) is 0.455. The lowest BCUT2D eigenvalue weighted by Gasteiger charge is -2.08. The lowest BCUT2D eigenvalue weighted by Crippen LogP contribution is -2.33. The van der Waals surface area contributed by atoms with Crippen molar-refractivity contribution < 1.29 is 27.6 Å². The van der Waals surface area contributed by atoms with E-state index in [4.69, 9.17) is 14.4 Å². The summed E-state index contributed by atoms with van der Waals surface area (Å²) < 4.78 is 38.4. The van der Waals surface area contributed by atoms with Gasteiger partial charge in [-0.05, 0) is 37.0 Å². The van der Waals surface area contributed by atoms with Gasteiger partial charge in [0.05, 0.1) is 0 Å². The van der Waals surface area contributed by atoms with Crippen LogP contribution in [0.15, 0.2) is 12.1 Å². The summed E-state index contributed by atoms with van der Waals surface area (Å²) in [6.07, 6.45) is 1.93. The van der Waals surface area contributed by atoms with E-state index in [0.717, 1.165) is 12.1 Å². The molecule has 0 saturated heterocycles. The van der Waals surface area contributed by atoms with Crippen LogP contribution in [-0.2, 0) is 6.42 Å². The van der Waals surface area contributed by atoms with E-state index in [-0.39, 0.29) is 6.04 Å². The van der Waals surface area contributed by atoms with E-state index in [9.17, 15) is 13.2 Å². The molecule has 0 fully saturated rings. The van der Waals surface area contributed by atoms with Gasteiger partial charge in [-0.2, -0.15) is 0 Å². The van der Waals surface area contributed by atoms with E-state index in [2.05, 4.69) is 0 Å². The normalized spacial score (nSPS) is 11.9. The molecular formula is C11H15F3O3Si. The number of hydrogen-bond acceptors (Lipinski definition) is 3. The predicted molar refractivity (Wildman–Crippen MR) is 61.1 cm³/mol. The Morgan fingerprint density at radius 2 is 1.44 bits per heavy atom. The van der Waals surface area contributed by atoms with Gasteiger partial charge in [0, 0.05) is 6.04 Å². The van der Waals surface area contributed by atoms with E-state index in [1.165, 1.54) is 0 Å². The first kappa shape index (κ1) is 15.2. The minimum atomic E-state index is -3.98. The Labute approximate surface area is 104 Å². The smallest absolute Gasteiger partial charge is 0.390 e. The Balaban J connectivity index is 2.36. The molecule has 0 unspecified atom stereocenters. The van der Waals surface area contributed by atoms with Crippen LogP contribution in [0.2, 0.25) is 6.04 Å². The molecule has 0 aliphatic carbocycles. The third-order valence-corrected chi connectivity index (χ3v) is 3.55. The second-order valence-corrected chi connectivity index (χ2v) is 6.26. The molecule has 1 rings (SSSR count). The number of rotatable bonds is 6. The first-order chi connectivity index (χ1) is 8.29. The average Bonchev–Trinajstić information content (AvgIpc) is 2.23. The first-order valence-corrected chi connectivity index (χ1v) is 7.65. The van der Waals surface area contributed by atoms with Crippen molar-refractivity contribution in [3.63, 3.8) is 0 Å². The van der Waals surface area contributed by atoms with Gasteiger partial charge in [-0.25, -0.2) is 13.2 Å². The number of unbranched alkanes of at least 4 members (excludes halogenated alkanes) is 2.